The molecule has 0 aromatic heterocycles. The predicted molar refractivity (Wildman–Crippen MR) is 91.3 cm³/mol. The molecule has 3 atom stereocenters. The molecule has 2 aromatic rings. The van der Waals surface area contributed by atoms with Crippen LogP contribution in [0.15, 0.2) is 36.4 Å². The normalized spacial score (nSPS) is 21.1. The van der Waals surface area contributed by atoms with Gasteiger partial charge in [-0.15, -0.1) is 0 Å². The molecule has 0 radical (unpaired) electrons. The Morgan fingerprint density at radius 2 is 1.60 bits per heavy atom. The largest absolute Gasteiger partial charge is 0.504 e. The highest BCUT2D eigenvalue weighted by Crippen LogP contribution is 2.42. The molecule has 0 amide bonds. The highest BCUT2D eigenvalue weighted by molar-refractivity contribution is 5.44. The Hall–Kier alpha value is -2.44. The van der Waals surface area contributed by atoms with E-state index in [1.807, 2.05) is 6.07 Å². The molecule has 1 aliphatic rings. The van der Waals surface area contributed by atoms with Crippen LogP contribution in [-0.2, 0) is 4.74 Å². The van der Waals surface area contributed by atoms with E-state index in [2.05, 4.69) is 0 Å². The van der Waals surface area contributed by atoms with Crippen molar-refractivity contribution in [2.45, 2.75) is 12.0 Å². The van der Waals surface area contributed by atoms with Crippen LogP contribution in [0.1, 0.15) is 23.1 Å². The summed E-state index contributed by atoms with van der Waals surface area (Å²) in [5.41, 5.74) is 1.59. The molecule has 1 heterocycles. The van der Waals surface area contributed by atoms with Crippen molar-refractivity contribution >= 4 is 0 Å². The third-order valence-corrected chi connectivity index (χ3v) is 4.71. The van der Waals surface area contributed by atoms with E-state index in [1.165, 1.54) is 20.3 Å². The highest BCUT2D eigenvalue weighted by Gasteiger charge is 2.36. The van der Waals surface area contributed by atoms with Gasteiger partial charge in [-0.05, 0) is 35.4 Å². The van der Waals surface area contributed by atoms with Crippen LogP contribution in [0.3, 0.4) is 0 Å². The molecule has 3 unspecified atom stereocenters. The number of benzene rings is 2. The molecule has 1 saturated heterocycles. The van der Waals surface area contributed by atoms with Crippen LogP contribution in [0.5, 0.6) is 23.0 Å². The van der Waals surface area contributed by atoms with Gasteiger partial charge in [0.15, 0.2) is 23.0 Å². The molecule has 1 fully saturated rings. The first-order chi connectivity index (χ1) is 12.0. The summed E-state index contributed by atoms with van der Waals surface area (Å²) in [6.07, 6.45) is -0.776. The van der Waals surface area contributed by atoms with Crippen LogP contribution in [-0.4, -0.2) is 42.8 Å². The molecule has 6 nitrogen and oxygen atoms in total. The number of phenols is 2. The monoisotopic (exact) mass is 346 g/mol. The molecule has 0 saturated carbocycles. The van der Waals surface area contributed by atoms with Crippen LogP contribution >= 0.6 is 0 Å². The average molecular weight is 346 g/mol. The Morgan fingerprint density at radius 3 is 2.28 bits per heavy atom. The smallest absolute Gasteiger partial charge is 0.160 e. The number of methoxy groups -OCH3 is 2. The van der Waals surface area contributed by atoms with Crippen LogP contribution < -0.4 is 9.47 Å². The lowest BCUT2D eigenvalue weighted by atomic mass is 9.82. The van der Waals surface area contributed by atoms with Gasteiger partial charge >= 0.3 is 0 Å². The van der Waals surface area contributed by atoms with Gasteiger partial charge in [0, 0.05) is 11.8 Å². The van der Waals surface area contributed by atoms with Gasteiger partial charge in [-0.1, -0.05) is 12.1 Å². The number of aliphatic hydroxyl groups excluding tert-OH is 1. The van der Waals surface area contributed by atoms with Gasteiger partial charge in [0.2, 0.25) is 0 Å². The lowest BCUT2D eigenvalue weighted by molar-refractivity contribution is 0.0881. The van der Waals surface area contributed by atoms with Gasteiger partial charge in [-0.3, -0.25) is 0 Å². The third kappa shape index (κ3) is 3.36. The van der Waals surface area contributed by atoms with Crippen molar-refractivity contribution in [2.75, 3.05) is 27.4 Å². The van der Waals surface area contributed by atoms with Crippen molar-refractivity contribution < 1.29 is 29.5 Å². The Balaban J connectivity index is 1.88. The molecule has 3 N–H and O–H groups in total. The van der Waals surface area contributed by atoms with Gasteiger partial charge in [-0.25, -0.2) is 0 Å². The number of ether oxygens (including phenoxy) is 3. The second-order valence-corrected chi connectivity index (χ2v) is 6.12. The first-order valence-electron chi connectivity index (χ1n) is 8.04. The zero-order valence-corrected chi connectivity index (χ0v) is 14.2. The molecular weight excluding hydrogens is 324 g/mol. The number of aliphatic hydroxyl groups is 1. The van der Waals surface area contributed by atoms with Gasteiger partial charge in [-0.2, -0.15) is 0 Å². The molecule has 1 aliphatic heterocycles. The van der Waals surface area contributed by atoms with E-state index in [1.54, 1.807) is 24.3 Å². The summed E-state index contributed by atoms with van der Waals surface area (Å²) in [6.45, 7) is 0.892. The van der Waals surface area contributed by atoms with E-state index in [9.17, 15) is 15.3 Å². The topological polar surface area (TPSA) is 88.4 Å². The summed E-state index contributed by atoms with van der Waals surface area (Å²) in [6, 6.07) is 9.98. The Morgan fingerprint density at radius 1 is 0.960 bits per heavy atom. The van der Waals surface area contributed by atoms with Gasteiger partial charge in [0.25, 0.3) is 0 Å². The first-order valence-corrected chi connectivity index (χ1v) is 8.04. The summed E-state index contributed by atoms with van der Waals surface area (Å²) in [5, 5.41) is 30.3. The third-order valence-electron chi connectivity index (χ3n) is 4.71. The van der Waals surface area contributed by atoms with Crippen molar-refractivity contribution in [1.82, 2.24) is 0 Å². The number of hydrogen-bond acceptors (Lipinski definition) is 6. The summed E-state index contributed by atoms with van der Waals surface area (Å²) in [4.78, 5) is 0. The molecule has 25 heavy (non-hydrogen) atoms. The zero-order valence-electron chi connectivity index (χ0n) is 14.2. The highest BCUT2D eigenvalue weighted by atomic mass is 16.5. The molecule has 3 rings (SSSR count). The lowest BCUT2D eigenvalue weighted by Crippen LogP contribution is -2.19. The maximum Gasteiger partial charge on any atom is 0.160 e. The number of phenolic OH excluding ortho intramolecular Hbond substituents is 2. The molecule has 0 bridgehead atoms. The van der Waals surface area contributed by atoms with E-state index in [0.717, 1.165) is 5.56 Å². The molecular formula is C19H22O6. The van der Waals surface area contributed by atoms with Crippen molar-refractivity contribution in [1.29, 1.82) is 0 Å². The van der Waals surface area contributed by atoms with E-state index < -0.39 is 6.10 Å². The molecule has 2 aromatic carbocycles. The van der Waals surface area contributed by atoms with Crippen molar-refractivity contribution in [3.63, 3.8) is 0 Å². The number of aromatic hydroxyl groups is 2. The first kappa shape index (κ1) is 17.4. The molecule has 134 valence electrons. The molecule has 6 heteroatoms. The number of hydrogen-bond donors (Lipinski definition) is 3. The van der Waals surface area contributed by atoms with E-state index >= 15 is 0 Å². The minimum Gasteiger partial charge on any atom is -0.504 e. The summed E-state index contributed by atoms with van der Waals surface area (Å²) >= 11 is 0. The second kappa shape index (κ2) is 7.21. The maximum atomic E-state index is 10.8. The summed E-state index contributed by atoms with van der Waals surface area (Å²) in [7, 11) is 2.97. The van der Waals surface area contributed by atoms with Crippen molar-refractivity contribution in [3.8, 4) is 23.0 Å². The van der Waals surface area contributed by atoms with Gasteiger partial charge < -0.3 is 29.5 Å². The quantitative estimate of drug-likeness (QED) is 0.771. The van der Waals surface area contributed by atoms with E-state index in [-0.39, 0.29) is 23.3 Å². The molecule has 0 aliphatic carbocycles. The minimum absolute atomic E-state index is 0.0287. The van der Waals surface area contributed by atoms with E-state index in [4.69, 9.17) is 14.2 Å². The SMILES string of the molecule is COc1cc(C(O)C2COCC2c2ccc(O)c(OC)c2)ccc1O. The minimum atomic E-state index is -0.776. The maximum absolute atomic E-state index is 10.8. The number of rotatable bonds is 5. The fourth-order valence-electron chi connectivity index (χ4n) is 3.28. The predicted octanol–water partition coefficient (Wildman–Crippen LogP) is 2.58. The fourth-order valence-corrected chi connectivity index (χ4v) is 3.28. The Bertz CT molecular complexity index is 745. The van der Waals surface area contributed by atoms with Crippen molar-refractivity contribution in [2.24, 2.45) is 5.92 Å². The van der Waals surface area contributed by atoms with Gasteiger partial charge in [0.05, 0.1) is 33.5 Å². The van der Waals surface area contributed by atoms with Crippen LogP contribution in [0.25, 0.3) is 0 Å². The van der Waals surface area contributed by atoms with Crippen LogP contribution in [0.2, 0.25) is 0 Å². The van der Waals surface area contributed by atoms with Gasteiger partial charge in [0.1, 0.15) is 0 Å². The summed E-state index contributed by atoms with van der Waals surface area (Å²) in [5.74, 6) is 0.613. The van der Waals surface area contributed by atoms with Crippen molar-refractivity contribution in [3.05, 3.63) is 47.5 Å². The van der Waals surface area contributed by atoms with Crippen LogP contribution in [0.4, 0.5) is 0 Å². The Labute approximate surface area is 146 Å². The van der Waals surface area contributed by atoms with E-state index in [0.29, 0.717) is 30.3 Å². The zero-order chi connectivity index (χ0) is 18.0. The molecule has 0 spiro atoms. The van der Waals surface area contributed by atoms with Crippen LogP contribution in [0, 0.1) is 5.92 Å². The lowest BCUT2D eigenvalue weighted by Gasteiger charge is -2.24. The summed E-state index contributed by atoms with van der Waals surface area (Å²) < 4.78 is 15.9. The standard InChI is InChI=1S/C19H22O6/c1-23-17-7-11(3-5-15(17)20)13-9-25-10-14(13)19(22)12-4-6-16(21)18(8-12)24-2/h3-8,13-14,19-22H,9-10H2,1-2H3. The Kier molecular flexibility index (Phi) is 5.01. The second-order valence-electron chi connectivity index (χ2n) is 6.12. The average Bonchev–Trinajstić information content (AvgIpc) is 3.11. The fraction of sp³-hybridized carbons (Fsp3) is 0.368.